The second-order valence-corrected chi connectivity index (χ2v) is 12.7. The zero-order chi connectivity index (χ0) is 38.1. The first kappa shape index (κ1) is 37.6. The zero-order valence-corrected chi connectivity index (χ0v) is 30.2. The summed E-state index contributed by atoms with van der Waals surface area (Å²) in [5.74, 6) is 0.272. The standard InChI is InChI=1S/C42H41N3O9/c1-28(46)14-23-39(47)54-35-26-38(45-25-24-37(44-41(45)49)43-40(48)29-10-6-4-7-11-29)53-36(35)27-52-42(30-12-8-5-9-13-30,31-15-19-33(50-2)20-16-31)32-17-21-34(51-3)22-18-32/h4-13,15-22,24-25,35-36,38H,14,23,26-27H2,1-3H3,(H,43,44,48,49)/t35-,36-,38+/m0/s1. The predicted molar refractivity (Wildman–Crippen MR) is 199 cm³/mol. The van der Waals surface area contributed by atoms with Crippen molar-refractivity contribution in [2.75, 3.05) is 26.1 Å². The highest BCUT2D eigenvalue weighted by molar-refractivity contribution is 6.03. The van der Waals surface area contributed by atoms with E-state index in [1.54, 1.807) is 44.6 Å². The lowest BCUT2D eigenvalue weighted by Crippen LogP contribution is -2.39. The zero-order valence-electron chi connectivity index (χ0n) is 30.2. The fourth-order valence-corrected chi connectivity index (χ4v) is 6.41. The maximum atomic E-state index is 13.4. The number of ether oxygens (including phenoxy) is 5. The summed E-state index contributed by atoms with van der Waals surface area (Å²) in [7, 11) is 3.20. The number of hydrogen-bond acceptors (Lipinski definition) is 10. The second kappa shape index (κ2) is 17.1. The Morgan fingerprint density at radius 2 is 1.37 bits per heavy atom. The van der Waals surface area contributed by atoms with E-state index >= 15 is 0 Å². The number of esters is 1. The summed E-state index contributed by atoms with van der Waals surface area (Å²) in [4.78, 5) is 54.8. The van der Waals surface area contributed by atoms with Crippen LogP contribution >= 0.6 is 0 Å². The van der Waals surface area contributed by atoms with Crippen LogP contribution in [0.25, 0.3) is 0 Å². The van der Waals surface area contributed by atoms with Gasteiger partial charge in [0.2, 0.25) is 0 Å². The van der Waals surface area contributed by atoms with E-state index < -0.39 is 41.6 Å². The van der Waals surface area contributed by atoms with Crippen LogP contribution in [0.3, 0.4) is 0 Å². The van der Waals surface area contributed by atoms with Gasteiger partial charge in [-0.25, -0.2) is 4.79 Å². The molecule has 278 valence electrons. The molecule has 3 atom stereocenters. The van der Waals surface area contributed by atoms with E-state index in [9.17, 15) is 19.2 Å². The highest BCUT2D eigenvalue weighted by atomic mass is 16.6. The van der Waals surface area contributed by atoms with E-state index in [4.69, 9.17) is 23.7 Å². The Labute approximate surface area is 312 Å². The van der Waals surface area contributed by atoms with E-state index in [1.807, 2.05) is 78.9 Å². The summed E-state index contributed by atoms with van der Waals surface area (Å²) >= 11 is 0. The van der Waals surface area contributed by atoms with Crippen LogP contribution in [-0.4, -0.2) is 60.2 Å². The number of benzene rings is 4. The molecule has 0 saturated carbocycles. The molecule has 0 unspecified atom stereocenters. The molecule has 0 radical (unpaired) electrons. The monoisotopic (exact) mass is 731 g/mol. The third kappa shape index (κ3) is 8.57. The minimum Gasteiger partial charge on any atom is -0.497 e. The highest BCUT2D eigenvalue weighted by Gasteiger charge is 2.44. The number of nitrogens with zero attached hydrogens (tertiary/aromatic N) is 2. The lowest BCUT2D eigenvalue weighted by atomic mass is 9.80. The van der Waals surface area contributed by atoms with Crippen LogP contribution in [-0.2, 0) is 29.4 Å². The summed E-state index contributed by atoms with van der Waals surface area (Å²) in [6, 6.07) is 34.9. The van der Waals surface area contributed by atoms with Crippen molar-refractivity contribution in [3.63, 3.8) is 0 Å². The Morgan fingerprint density at radius 1 is 0.796 bits per heavy atom. The number of methoxy groups -OCH3 is 2. The molecule has 1 aliphatic rings. The molecule has 5 aromatic rings. The first-order valence-electron chi connectivity index (χ1n) is 17.5. The molecule has 1 saturated heterocycles. The van der Waals surface area contributed by atoms with Crippen molar-refractivity contribution in [2.24, 2.45) is 0 Å². The molecule has 0 bridgehead atoms. The number of Topliss-reactive ketones (excluding diaryl/α,β-unsaturated/α-hetero) is 1. The maximum Gasteiger partial charge on any atom is 0.351 e. The van der Waals surface area contributed by atoms with Gasteiger partial charge < -0.3 is 33.8 Å². The minimum atomic E-state index is -1.19. The van der Waals surface area contributed by atoms with Crippen molar-refractivity contribution in [1.29, 1.82) is 0 Å². The molecule has 1 fully saturated rings. The van der Waals surface area contributed by atoms with E-state index in [0.29, 0.717) is 17.1 Å². The average Bonchev–Trinajstić information content (AvgIpc) is 3.60. The Balaban J connectivity index is 1.33. The van der Waals surface area contributed by atoms with Gasteiger partial charge in [-0.2, -0.15) is 4.98 Å². The lowest BCUT2D eigenvalue weighted by Gasteiger charge is -2.37. The number of carbonyl (C=O) groups is 3. The Hall–Kier alpha value is -6.11. The number of hydrogen-bond donors (Lipinski definition) is 1. The van der Waals surface area contributed by atoms with Crippen LogP contribution in [0.4, 0.5) is 5.82 Å². The number of amides is 1. The van der Waals surface area contributed by atoms with Gasteiger partial charge in [0, 0.05) is 24.6 Å². The van der Waals surface area contributed by atoms with Gasteiger partial charge in [0.05, 0.1) is 27.2 Å². The molecule has 0 spiro atoms. The van der Waals surface area contributed by atoms with Crippen LogP contribution in [0.1, 0.15) is 59.5 Å². The number of carbonyl (C=O) groups excluding carboxylic acids is 3. The third-order valence-corrected chi connectivity index (χ3v) is 9.20. The van der Waals surface area contributed by atoms with Crippen molar-refractivity contribution >= 4 is 23.5 Å². The van der Waals surface area contributed by atoms with Gasteiger partial charge in [-0.05, 0) is 66.1 Å². The number of ketones is 1. The van der Waals surface area contributed by atoms with E-state index in [1.165, 1.54) is 23.8 Å². The van der Waals surface area contributed by atoms with Crippen LogP contribution in [0.15, 0.2) is 126 Å². The van der Waals surface area contributed by atoms with Crippen LogP contribution in [0.5, 0.6) is 11.5 Å². The molecule has 1 aromatic heterocycles. The maximum absolute atomic E-state index is 13.4. The molecule has 12 heteroatoms. The number of rotatable bonds is 15. The summed E-state index contributed by atoms with van der Waals surface area (Å²) < 4.78 is 31.6. The van der Waals surface area contributed by atoms with Gasteiger partial charge in [0.15, 0.2) is 0 Å². The van der Waals surface area contributed by atoms with Crippen molar-refractivity contribution in [3.05, 3.63) is 154 Å². The molecular weight excluding hydrogens is 690 g/mol. The van der Waals surface area contributed by atoms with Gasteiger partial charge in [0.25, 0.3) is 5.91 Å². The molecule has 6 rings (SSSR count). The Kier molecular flexibility index (Phi) is 12.0. The van der Waals surface area contributed by atoms with E-state index in [0.717, 1.165) is 16.7 Å². The molecule has 1 aliphatic heterocycles. The van der Waals surface area contributed by atoms with Crippen molar-refractivity contribution in [3.8, 4) is 11.5 Å². The third-order valence-electron chi connectivity index (χ3n) is 9.20. The largest absolute Gasteiger partial charge is 0.497 e. The van der Waals surface area contributed by atoms with Gasteiger partial charge in [0.1, 0.15) is 47.1 Å². The molecule has 2 heterocycles. The molecule has 1 N–H and O–H groups in total. The first-order valence-corrected chi connectivity index (χ1v) is 17.5. The Bertz CT molecular complexity index is 2060. The van der Waals surface area contributed by atoms with Gasteiger partial charge in [-0.1, -0.05) is 72.8 Å². The van der Waals surface area contributed by atoms with Crippen molar-refractivity contribution in [1.82, 2.24) is 9.55 Å². The molecule has 54 heavy (non-hydrogen) atoms. The first-order chi connectivity index (χ1) is 26.2. The SMILES string of the molecule is COc1ccc(C(OC[C@@H]2O[C@@H](n3ccc(NC(=O)c4ccccc4)nc3=O)C[C@@H]2OC(=O)CCC(C)=O)(c2ccccc2)c2ccc(OC)cc2)cc1. The van der Waals surface area contributed by atoms with E-state index in [-0.39, 0.29) is 37.5 Å². The molecular formula is C42H41N3O9. The molecule has 4 aromatic carbocycles. The van der Waals surface area contributed by atoms with Gasteiger partial charge >= 0.3 is 11.7 Å². The van der Waals surface area contributed by atoms with Crippen molar-refractivity contribution < 1.29 is 38.1 Å². The Morgan fingerprint density at radius 3 is 1.93 bits per heavy atom. The summed E-state index contributed by atoms with van der Waals surface area (Å²) in [5, 5.41) is 2.64. The van der Waals surface area contributed by atoms with Gasteiger partial charge in [-0.15, -0.1) is 0 Å². The topological polar surface area (TPSA) is 144 Å². The summed E-state index contributed by atoms with van der Waals surface area (Å²) in [6.07, 6.45) is -1.09. The number of anilines is 1. The summed E-state index contributed by atoms with van der Waals surface area (Å²) in [5.41, 5.74) is 0.940. The molecule has 1 amide bonds. The van der Waals surface area contributed by atoms with Gasteiger partial charge in [-0.3, -0.25) is 14.2 Å². The van der Waals surface area contributed by atoms with E-state index in [2.05, 4.69) is 10.3 Å². The lowest BCUT2D eigenvalue weighted by molar-refractivity contribution is -0.156. The highest BCUT2D eigenvalue weighted by Crippen LogP contribution is 2.43. The normalized spacial score (nSPS) is 16.7. The fraction of sp³-hybridized carbons (Fsp3) is 0.262. The van der Waals surface area contributed by atoms with Crippen LogP contribution in [0, 0.1) is 0 Å². The minimum absolute atomic E-state index is 0.0304. The van der Waals surface area contributed by atoms with Crippen molar-refractivity contribution in [2.45, 2.75) is 50.2 Å². The average molecular weight is 732 g/mol. The summed E-state index contributed by atoms with van der Waals surface area (Å²) in [6.45, 7) is 1.33. The predicted octanol–water partition coefficient (Wildman–Crippen LogP) is 6.09. The molecule has 0 aliphatic carbocycles. The number of aromatic nitrogens is 2. The smallest absolute Gasteiger partial charge is 0.351 e. The molecule has 12 nitrogen and oxygen atoms in total. The quantitative estimate of drug-likeness (QED) is 0.0993. The number of nitrogens with one attached hydrogen (secondary N) is 1. The van der Waals surface area contributed by atoms with Crippen LogP contribution in [0.2, 0.25) is 0 Å². The fourth-order valence-electron chi connectivity index (χ4n) is 6.41. The van der Waals surface area contributed by atoms with Crippen LogP contribution < -0.4 is 20.5 Å². The second-order valence-electron chi connectivity index (χ2n) is 12.7.